The summed E-state index contributed by atoms with van der Waals surface area (Å²) in [5.41, 5.74) is 1.69. The van der Waals surface area contributed by atoms with Crippen LogP contribution in [0.4, 0.5) is 8.78 Å². The highest BCUT2D eigenvalue weighted by Crippen LogP contribution is 2.52. The van der Waals surface area contributed by atoms with Crippen molar-refractivity contribution in [3.05, 3.63) is 101 Å². The first-order valence-corrected chi connectivity index (χ1v) is 11.9. The van der Waals surface area contributed by atoms with Crippen molar-refractivity contribution >= 4 is 11.6 Å². The van der Waals surface area contributed by atoms with Crippen molar-refractivity contribution in [2.24, 2.45) is 11.8 Å². The third-order valence-electron chi connectivity index (χ3n) is 7.74. The molecule has 1 N–H and O–H groups in total. The standard InChI is InChI=1S/C29H28F2N2O2/c1-35-27-11-3-2-6-19(27)14-28(32)33-17-24-25(18-33)29(13-12-26(24)34,20-7-4-9-22(30)15-20)21-8-5-10-23(31)16-21/h2-11,15-16,24-25,32H,12-14,17-18H2,1H3. The maximum Gasteiger partial charge on any atom is 0.138 e. The van der Waals surface area contributed by atoms with Gasteiger partial charge in [0.25, 0.3) is 0 Å². The van der Waals surface area contributed by atoms with Crippen LogP contribution in [0.3, 0.4) is 0 Å². The SMILES string of the molecule is COc1ccccc1CC(=N)N1CC2C(=O)CCC(c3cccc(F)c3)(c3cccc(F)c3)C2C1. The van der Waals surface area contributed by atoms with Crippen LogP contribution in [0.5, 0.6) is 5.75 Å². The van der Waals surface area contributed by atoms with Gasteiger partial charge in [-0.1, -0.05) is 42.5 Å². The van der Waals surface area contributed by atoms with Crippen LogP contribution < -0.4 is 4.74 Å². The number of rotatable bonds is 5. The third-order valence-corrected chi connectivity index (χ3v) is 7.74. The lowest BCUT2D eigenvalue weighted by atomic mass is 9.56. The molecule has 1 saturated heterocycles. The Labute approximate surface area is 204 Å². The number of hydrogen-bond acceptors (Lipinski definition) is 3. The van der Waals surface area contributed by atoms with Crippen LogP contribution in [0.2, 0.25) is 0 Å². The van der Waals surface area contributed by atoms with Gasteiger partial charge in [0.05, 0.1) is 7.11 Å². The van der Waals surface area contributed by atoms with E-state index < -0.39 is 5.41 Å². The number of ether oxygens (including phenoxy) is 1. The summed E-state index contributed by atoms with van der Waals surface area (Å²) >= 11 is 0. The van der Waals surface area contributed by atoms with Crippen LogP contribution in [-0.2, 0) is 16.6 Å². The van der Waals surface area contributed by atoms with Crippen LogP contribution in [0.25, 0.3) is 0 Å². The predicted molar refractivity (Wildman–Crippen MR) is 131 cm³/mol. The minimum absolute atomic E-state index is 0.158. The van der Waals surface area contributed by atoms with Gasteiger partial charge in [-0.05, 0) is 47.9 Å². The highest BCUT2D eigenvalue weighted by atomic mass is 19.1. The molecule has 5 rings (SSSR count). The summed E-state index contributed by atoms with van der Waals surface area (Å²) < 4.78 is 34.3. The number of Topliss-reactive ketones (excluding diaryl/α,β-unsaturated/α-hetero) is 1. The number of nitrogens with zero attached hydrogens (tertiary/aromatic N) is 1. The number of amidine groups is 1. The summed E-state index contributed by atoms with van der Waals surface area (Å²) in [6.07, 6.45) is 1.19. The summed E-state index contributed by atoms with van der Waals surface area (Å²) in [6, 6.07) is 20.5. The van der Waals surface area contributed by atoms with E-state index in [2.05, 4.69) is 0 Å². The lowest BCUT2D eigenvalue weighted by molar-refractivity contribution is -0.126. The molecule has 1 saturated carbocycles. The summed E-state index contributed by atoms with van der Waals surface area (Å²) in [7, 11) is 1.61. The van der Waals surface area contributed by atoms with E-state index in [9.17, 15) is 13.6 Å². The fourth-order valence-corrected chi connectivity index (χ4v) is 6.10. The van der Waals surface area contributed by atoms with Gasteiger partial charge in [-0.3, -0.25) is 10.2 Å². The monoisotopic (exact) mass is 474 g/mol. The van der Waals surface area contributed by atoms with Gasteiger partial charge in [0, 0.05) is 48.7 Å². The topological polar surface area (TPSA) is 53.4 Å². The van der Waals surface area contributed by atoms with Gasteiger partial charge in [-0.2, -0.15) is 0 Å². The van der Waals surface area contributed by atoms with Crippen LogP contribution in [0, 0.1) is 28.9 Å². The molecule has 1 aliphatic carbocycles. The predicted octanol–water partition coefficient (Wildman–Crippen LogP) is 5.39. The number of hydrogen-bond donors (Lipinski definition) is 1. The molecule has 0 radical (unpaired) electrons. The summed E-state index contributed by atoms with van der Waals surface area (Å²) in [4.78, 5) is 15.1. The molecular formula is C29H28F2N2O2. The fourth-order valence-electron chi connectivity index (χ4n) is 6.10. The largest absolute Gasteiger partial charge is 0.496 e. The molecule has 3 aromatic carbocycles. The number of likely N-dealkylation sites (tertiary alicyclic amines) is 1. The van der Waals surface area contributed by atoms with E-state index in [1.54, 1.807) is 19.2 Å². The highest BCUT2D eigenvalue weighted by molar-refractivity contribution is 5.87. The molecule has 0 bridgehead atoms. The Morgan fingerprint density at radius 1 is 1.00 bits per heavy atom. The molecule has 6 heteroatoms. The summed E-state index contributed by atoms with van der Waals surface area (Å²) in [6.45, 7) is 0.904. The van der Waals surface area contributed by atoms with Gasteiger partial charge in [0.15, 0.2) is 0 Å². The number of halogens is 2. The van der Waals surface area contributed by atoms with Gasteiger partial charge in [0.1, 0.15) is 29.0 Å². The Balaban J connectivity index is 1.54. The van der Waals surface area contributed by atoms with Crippen molar-refractivity contribution < 1.29 is 18.3 Å². The number of nitrogens with one attached hydrogen (secondary N) is 1. The number of methoxy groups -OCH3 is 1. The van der Waals surface area contributed by atoms with Crippen molar-refractivity contribution in [1.29, 1.82) is 5.41 Å². The number of benzene rings is 3. The number of carbonyl (C=O) groups is 1. The summed E-state index contributed by atoms with van der Waals surface area (Å²) in [5.74, 6) is 0.0589. The molecule has 2 aliphatic rings. The lowest BCUT2D eigenvalue weighted by Gasteiger charge is -2.45. The van der Waals surface area contributed by atoms with Crippen LogP contribution in [0.1, 0.15) is 29.5 Å². The van der Waals surface area contributed by atoms with Crippen molar-refractivity contribution in [3.8, 4) is 5.75 Å². The zero-order chi connectivity index (χ0) is 24.6. The molecule has 2 atom stereocenters. The minimum Gasteiger partial charge on any atom is -0.496 e. The van der Waals surface area contributed by atoms with Crippen molar-refractivity contribution in [3.63, 3.8) is 0 Å². The smallest absolute Gasteiger partial charge is 0.138 e. The molecule has 1 heterocycles. The second kappa shape index (κ2) is 9.25. The summed E-state index contributed by atoms with van der Waals surface area (Å²) in [5, 5.41) is 8.86. The number of fused-ring (bicyclic) bond motifs is 1. The first kappa shape index (κ1) is 23.2. The van der Waals surface area contributed by atoms with Crippen LogP contribution in [-0.4, -0.2) is 36.7 Å². The van der Waals surface area contributed by atoms with Crippen molar-refractivity contribution in [2.75, 3.05) is 20.2 Å². The Morgan fingerprint density at radius 2 is 1.66 bits per heavy atom. The van der Waals surface area contributed by atoms with Gasteiger partial charge in [-0.25, -0.2) is 8.78 Å². The maximum absolute atomic E-state index is 14.4. The second-order valence-corrected chi connectivity index (χ2v) is 9.51. The van der Waals surface area contributed by atoms with E-state index >= 15 is 0 Å². The van der Waals surface area contributed by atoms with E-state index in [0.717, 1.165) is 22.4 Å². The van der Waals surface area contributed by atoms with E-state index in [-0.39, 0.29) is 29.3 Å². The normalized spacial score (nSPS) is 21.0. The van der Waals surface area contributed by atoms with E-state index in [4.69, 9.17) is 10.1 Å². The number of carbonyl (C=O) groups excluding carboxylic acids is 1. The molecular weight excluding hydrogens is 446 g/mol. The molecule has 1 aliphatic heterocycles. The van der Waals surface area contributed by atoms with Gasteiger partial charge < -0.3 is 9.64 Å². The van der Waals surface area contributed by atoms with Crippen LogP contribution in [0.15, 0.2) is 72.8 Å². The molecule has 3 aromatic rings. The van der Waals surface area contributed by atoms with E-state index in [1.165, 1.54) is 24.3 Å². The quantitative estimate of drug-likeness (QED) is 0.399. The third kappa shape index (κ3) is 4.11. The number of ketones is 1. The van der Waals surface area contributed by atoms with Crippen LogP contribution >= 0.6 is 0 Å². The molecule has 0 aromatic heterocycles. The molecule has 35 heavy (non-hydrogen) atoms. The van der Waals surface area contributed by atoms with E-state index in [0.29, 0.717) is 38.2 Å². The first-order valence-electron chi connectivity index (χ1n) is 11.9. The Morgan fingerprint density at radius 3 is 2.29 bits per heavy atom. The maximum atomic E-state index is 14.4. The minimum atomic E-state index is -0.720. The molecule has 0 spiro atoms. The molecule has 0 amide bonds. The second-order valence-electron chi connectivity index (χ2n) is 9.51. The zero-order valence-corrected chi connectivity index (χ0v) is 19.6. The van der Waals surface area contributed by atoms with Gasteiger partial charge >= 0.3 is 0 Å². The Kier molecular flexibility index (Phi) is 6.13. The highest BCUT2D eigenvalue weighted by Gasteiger charge is 2.55. The zero-order valence-electron chi connectivity index (χ0n) is 19.6. The van der Waals surface area contributed by atoms with E-state index in [1.807, 2.05) is 41.3 Å². The van der Waals surface area contributed by atoms with Gasteiger partial charge in [0.2, 0.25) is 0 Å². The fraction of sp³-hybridized carbons (Fsp3) is 0.310. The average Bonchev–Trinajstić information content (AvgIpc) is 3.32. The first-order chi connectivity index (χ1) is 16.9. The Bertz CT molecular complexity index is 1230. The Hall–Kier alpha value is -3.54. The van der Waals surface area contributed by atoms with Crippen molar-refractivity contribution in [1.82, 2.24) is 4.90 Å². The molecule has 4 nitrogen and oxygen atoms in total. The van der Waals surface area contributed by atoms with Gasteiger partial charge in [-0.15, -0.1) is 0 Å². The average molecular weight is 475 g/mol. The molecule has 2 unspecified atom stereocenters. The molecule has 180 valence electrons. The molecule has 2 fully saturated rings. The van der Waals surface area contributed by atoms with Crippen molar-refractivity contribution in [2.45, 2.75) is 24.7 Å². The lowest BCUT2D eigenvalue weighted by Crippen LogP contribution is -2.47. The number of para-hydroxylation sites is 1.